The molecule has 0 aliphatic rings. The first-order valence-electron chi connectivity index (χ1n) is 8.09. The Morgan fingerprint density at radius 3 is 2.76 bits per heavy atom. The van der Waals surface area contributed by atoms with Crippen LogP contribution < -0.4 is 5.32 Å². The monoisotopic (exact) mass is 331 g/mol. The predicted octanol–water partition coefficient (Wildman–Crippen LogP) is 2.54. The highest BCUT2D eigenvalue weighted by Gasteiger charge is 2.11. The standard InChI is InChI=1S/C18H17N7/c1-13-5-6-15(21-12-13)18-23-22-17-8-7-16(24-25(17)18)20-11-9-14-4-2-3-10-19-14/h2-8,10,12H,9,11H2,1H3,(H,20,24). The van der Waals surface area contributed by atoms with E-state index in [4.69, 9.17) is 0 Å². The number of fused-ring (bicyclic) bond motifs is 1. The average molecular weight is 331 g/mol. The van der Waals surface area contributed by atoms with Crippen LogP contribution in [0.1, 0.15) is 11.3 Å². The molecule has 0 bridgehead atoms. The van der Waals surface area contributed by atoms with Crippen molar-refractivity contribution in [2.75, 3.05) is 11.9 Å². The Hall–Kier alpha value is -3.35. The van der Waals surface area contributed by atoms with Gasteiger partial charge in [-0.1, -0.05) is 12.1 Å². The Bertz CT molecular complexity index is 977. The van der Waals surface area contributed by atoms with Gasteiger partial charge in [-0.15, -0.1) is 15.3 Å². The zero-order valence-corrected chi connectivity index (χ0v) is 13.8. The number of nitrogens with zero attached hydrogens (tertiary/aromatic N) is 6. The second kappa shape index (κ2) is 6.64. The van der Waals surface area contributed by atoms with Crippen LogP contribution in [-0.4, -0.2) is 36.3 Å². The summed E-state index contributed by atoms with van der Waals surface area (Å²) in [7, 11) is 0. The van der Waals surface area contributed by atoms with Crippen molar-refractivity contribution in [2.45, 2.75) is 13.3 Å². The molecule has 7 heteroatoms. The summed E-state index contributed by atoms with van der Waals surface area (Å²) in [4.78, 5) is 8.73. The average Bonchev–Trinajstić information content (AvgIpc) is 3.07. The molecule has 4 heterocycles. The summed E-state index contributed by atoms with van der Waals surface area (Å²) in [5, 5.41) is 16.3. The van der Waals surface area contributed by atoms with E-state index in [-0.39, 0.29) is 0 Å². The highest BCUT2D eigenvalue weighted by molar-refractivity contribution is 5.55. The van der Waals surface area contributed by atoms with Gasteiger partial charge >= 0.3 is 0 Å². The fourth-order valence-corrected chi connectivity index (χ4v) is 2.51. The van der Waals surface area contributed by atoms with Crippen LogP contribution in [0, 0.1) is 6.92 Å². The summed E-state index contributed by atoms with van der Waals surface area (Å²) in [6.45, 7) is 2.75. The number of aromatic nitrogens is 6. The highest BCUT2D eigenvalue weighted by Crippen LogP contribution is 2.16. The van der Waals surface area contributed by atoms with E-state index in [1.54, 1.807) is 10.7 Å². The topological polar surface area (TPSA) is 80.9 Å². The molecule has 0 saturated heterocycles. The molecule has 4 aromatic rings. The molecule has 0 amide bonds. The fourth-order valence-electron chi connectivity index (χ4n) is 2.51. The van der Waals surface area contributed by atoms with Gasteiger partial charge in [-0.25, -0.2) is 0 Å². The minimum atomic E-state index is 0.628. The largest absolute Gasteiger partial charge is 0.368 e. The molecule has 0 unspecified atom stereocenters. The van der Waals surface area contributed by atoms with Gasteiger partial charge in [0.1, 0.15) is 11.5 Å². The molecule has 0 aromatic carbocycles. The number of hydrogen-bond acceptors (Lipinski definition) is 6. The van der Waals surface area contributed by atoms with Gasteiger partial charge in [0.05, 0.1) is 0 Å². The first-order valence-corrected chi connectivity index (χ1v) is 8.09. The summed E-state index contributed by atoms with van der Waals surface area (Å²) < 4.78 is 1.71. The van der Waals surface area contributed by atoms with Crippen LogP contribution in [0.15, 0.2) is 54.9 Å². The van der Waals surface area contributed by atoms with E-state index in [9.17, 15) is 0 Å². The van der Waals surface area contributed by atoms with Gasteiger partial charge in [0.25, 0.3) is 0 Å². The number of rotatable bonds is 5. The summed E-state index contributed by atoms with van der Waals surface area (Å²) in [5.74, 6) is 1.39. The van der Waals surface area contributed by atoms with Crippen molar-refractivity contribution in [1.29, 1.82) is 0 Å². The molecule has 0 aliphatic carbocycles. The van der Waals surface area contributed by atoms with Crippen molar-refractivity contribution in [3.63, 3.8) is 0 Å². The van der Waals surface area contributed by atoms with Crippen LogP contribution in [0.2, 0.25) is 0 Å². The summed E-state index contributed by atoms with van der Waals surface area (Å²) >= 11 is 0. The van der Waals surface area contributed by atoms with Gasteiger partial charge in [-0.2, -0.15) is 4.52 Å². The minimum Gasteiger partial charge on any atom is -0.368 e. The Balaban J connectivity index is 1.55. The molecule has 4 rings (SSSR count). The van der Waals surface area contributed by atoms with Crippen LogP contribution in [0.5, 0.6) is 0 Å². The maximum Gasteiger partial charge on any atom is 0.203 e. The zero-order chi connectivity index (χ0) is 17.1. The molecule has 25 heavy (non-hydrogen) atoms. The number of aryl methyl sites for hydroxylation is 1. The van der Waals surface area contributed by atoms with Gasteiger partial charge < -0.3 is 5.32 Å². The lowest BCUT2D eigenvalue weighted by Crippen LogP contribution is -2.09. The van der Waals surface area contributed by atoms with Gasteiger partial charge in [0.15, 0.2) is 5.65 Å². The van der Waals surface area contributed by atoms with E-state index >= 15 is 0 Å². The normalized spacial score (nSPS) is 10.9. The third-order valence-corrected chi connectivity index (χ3v) is 3.82. The van der Waals surface area contributed by atoms with E-state index in [2.05, 4.69) is 30.6 Å². The predicted molar refractivity (Wildman–Crippen MR) is 95.2 cm³/mol. The maximum absolute atomic E-state index is 4.59. The van der Waals surface area contributed by atoms with Crippen LogP contribution in [0.25, 0.3) is 17.2 Å². The second-order valence-corrected chi connectivity index (χ2v) is 5.73. The SMILES string of the molecule is Cc1ccc(-c2nnc3ccc(NCCc4ccccn4)nn23)nc1. The van der Waals surface area contributed by atoms with E-state index < -0.39 is 0 Å². The molecule has 124 valence electrons. The van der Waals surface area contributed by atoms with Gasteiger partial charge in [-0.05, 0) is 42.8 Å². The third-order valence-electron chi connectivity index (χ3n) is 3.82. The smallest absolute Gasteiger partial charge is 0.203 e. The zero-order valence-electron chi connectivity index (χ0n) is 13.8. The van der Waals surface area contributed by atoms with Crippen LogP contribution in [0.4, 0.5) is 5.82 Å². The quantitative estimate of drug-likeness (QED) is 0.605. The van der Waals surface area contributed by atoms with Crippen LogP contribution in [0.3, 0.4) is 0 Å². The summed E-state index contributed by atoms with van der Waals surface area (Å²) in [6.07, 6.45) is 4.44. The molecule has 0 radical (unpaired) electrons. The number of hydrogen-bond donors (Lipinski definition) is 1. The fraction of sp³-hybridized carbons (Fsp3) is 0.167. The molecular weight excluding hydrogens is 314 g/mol. The molecule has 0 aliphatic heterocycles. The first-order chi connectivity index (χ1) is 12.3. The van der Waals surface area contributed by atoms with Crippen molar-refractivity contribution in [2.24, 2.45) is 0 Å². The number of pyridine rings is 2. The highest BCUT2D eigenvalue weighted by atomic mass is 15.4. The molecule has 0 saturated carbocycles. The Labute approximate surface area is 144 Å². The van der Waals surface area contributed by atoms with Gasteiger partial charge in [0.2, 0.25) is 5.82 Å². The van der Waals surface area contributed by atoms with E-state index in [0.717, 1.165) is 35.7 Å². The second-order valence-electron chi connectivity index (χ2n) is 5.73. The Kier molecular flexibility index (Phi) is 4.04. The van der Waals surface area contributed by atoms with Crippen LogP contribution in [-0.2, 0) is 6.42 Å². The maximum atomic E-state index is 4.59. The molecule has 7 nitrogen and oxygen atoms in total. The number of anilines is 1. The summed E-state index contributed by atoms with van der Waals surface area (Å²) in [6, 6.07) is 13.6. The van der Waals surface area contributed by atoms with Crippen molar-refractivity contribution < 1.29 is 0 Å². The molecular formula is C18H17N7. The molecule has 0 spiro atoms. The van der Waals surface area contributed by atoms with Crippen molar-refractivity contribution in [3.8, 4) is 11.5 Å². The van der Waals surface area contributed by atoms with Crippen molar-refractivity contribution in [1.82, 2.24) is 29.8 Å². The van der Waals surface area contributed by atoms with E-state index in [1.165, 1.54) is 0 Å². The van der Waals surface area contributed by atoms with Crippen molar-refractivity contribution >= 4 is 11.5 Å². The van der Waals surface area contributed by atoms with Crippen molar-refractivity contribution in [3.05, 3.63) is 66.1 Å². The lowest BCUT2D eigenvalue weighted by atomic mass is 10.2. The molecule has 0 fully saturated rings. The Morgan fingerprint density at radius 1 is 1.00 bits per heavy atom. The third kappa shape index (κ3) is 3.30. The van der Waals surface area contributed by atoms with Crippen LogP contribution >= 0.6 is 0 Å². The van der Waals surface area contributed by atoms with Gasteiger partial charge in [-0.3, -0.25) is 9.97 Å². The lowest BCUT2D eigenvalue weighted by molar-refractivity contribution is 0.901. The van der Waals surface area contributed by atoms with E-state index in [1.807, 2.05) is 55.6 Å². The number of nitrogens with one attached hydrogen (secondary N) is 1. The Morgan fingerprint density at radius 2 is 1.96 bits per heavy atom. The van der Waals surface area contributed by atoms with Gasteiger partial charge in [0, 0.05) is 31.1 Å². The molecule has 4 aromatic heterocycles. The minimum absolute atomic E-state index is 0.628. The lowest BCUT2D eigenvalue weighted by Gasteiger charge is -2.06. The van der Waals surface area contributed by atoms with E-state index in [0.29, 0.717) is 11.5 Å². The first kappa shape index (κ1) is 15.2. The molecule has 1 N–H and O–H groups in total. The summed E-state index contributed by atoms with van der Waals surface area (Å²) in [5.41, 5.74) is 3.58. The molecule has 0 atom stereocenters.